The fourth-order valence-corrected chi connectivity index (χ4v) is 3.42. The third-order valence-corrected chi connectivity index (χ3v) is 5.86. The van der Waals surface area contributed by atoms with Crippen LogP contribution < -0.4 is 5.32 Å². The molecule has 0 aromatic rings. The summed E-state index contributed by atoms with van der Waals surface area (Å²) in [6, 6.07) is 0. The lowest BCUT2D eigenvalue weighted by atomic mass is 9.78. The third kappa shape index (κ3) is 5.04. The van der Waals surface area contributed by atoms with Gasteiger partial charge in [0.05, 0.1) is 11.9 Å². The van der Waals surface area contributed by atoms with Crippen LogP contribution in [0.1, 0.15) is 47.5 Å². The monoisotopic (exact) mass is 291 g/mol. The Bertz CT molecular complexity index is 386. The summed E-state index contributed by atoms with van der Waals surface area (Å²) < 4.78 is 29.2. The second-order valence-electron chi connectivity index (χ2n) is 6.72. The predicted molar refractivity (Wildman–Crippen MR) is 79.2 cm³/mol. The number of rotatable bonds is 6. The summed E-state index contributed by atoms with van der Waals surface area (Å²) in [5, 5.41) is 3.51. The van der Waals surface area contributed by atoms with Gasteiger partial charge in [0.15, 0.2) is 0 Å². The molecule has 1 aliphatic rings. The van der Waals surface area contributed by atoms with Gasteiger partial charge >= 0.3 is 0 Å². The Morgan fingerprint density at radius 2 is 2.00 bits per heavy atom. The smallest absolute Gasteiger partial charge is 0.150 e. The van der Waals surface area contributed by atoms with Crippen LogP contribution in [0.4, 0.5) is 0 Å². The molecule has 2 atom stereocenters. The molecular formula is C14H29NO3S. The predicted octanol–water partition coefficient (Wildman–Crippen LogP) is 1.99. The molecule has 4 nitrogen and oxygen atoms in total. The van der Waals surface area contributed by atoms with Crippen LogP contribution in [0.25, 0.3) is 0 Å². The van der Waals surface area contributed by atoms with Crippen LogP contribution in [0.2, 0.25) is 0 Å². The number of hydrogen-bond donors (Lipinski definition) is 1. The van der Waals surface area contributed by atoms with Crippen molar-refractivity contribution in [2.45, 2.75) is 59.1 Å². The van der Waals surface area contributed by atoms with Crippen molar-refractivity contribution in [2.75, 3.05) is 24.7 Å². The number of sulfone groups is 1. The zero-order chi connectivity index (χ0) is 14.7. The zero-order valence-electron chi connectivity index (χ0n) is 13.0. The van der Waals surface area contributed by atoms with E-state index in [0.29, 0.717) is 6.42 Å². The van der Waals surface area contributed by atoms with Gasteiger partial charge < -0.3 is 10.1 Å². The largest absolute Gasteiger partial charge is 0.378 e. The highest BCUT2D eigenvalue weighted by Gasteiger charge is 2.42. The maximum atomic E-state index is 11.7. The van der Waals surface area contributed by atoms with E-state index in [1.807, 2.05) is 0 Å². The minimum absolute atomic E-state index is 0.0406. The van der Waals surface area contributed by atoms with Gasteiger partial charge in [-0.1, -0.05) is 6.92 Å². The summed E-state index contributed by atoms with van der Waals surface area (Å²) in [7, 11) is -2.91. The summed E-state index contributed by atoms with van der Waals surface area (Å²) in [5.41, 5.74) is -0.00549. The summed E-state index contributed by atoms with van der Waals surface area (Å²) in [6.07, 6.45) is 1.75. The van der Waals surface area contributed by atoms with Crippen molar-refractivity contribution in [3.8, 4) is 0 Å². The average Bonchev–Trinajstić information content (AvgIpc) is 2.66. The van der Waals surface area contributed by atoms with Gasteiger partial charge in [0.1, 0.15) is 9.84 Å². The molecule has 1 aliphatic heterocycles. The first-order chi connectivity index (χ1) is 8.60. The minimum atomic E-state index is -2.91. The molecule has 0 aliphatic carbocycles. The third-order valence-electron chi connectivity index (χ3n) is 4.15. The van der Waals surface area contributed by atoms with Gasteiger partial charge in [0.25, 0.3) is 0 Å². The van der Waals surface area contributed by atoms with E-state index in [0.717, 1.165) is 19.6 Å². The van der Waals surface area contributed by atoms with Crippen molar-refractivity contribution < 1.29 is 13.2 Å². The molecule has 0 bridgehead atoms. The molecule has 0 spiro atoms. The van der Waals surface area contributed by atoms with E-state index in [2.05, 4.69) is 33.0 Å². The van der Waals surface area contributed by atoms with Gasteiger partial charge in [-0.3, -0.25) is 0 Å². The first-order valence-electron chi connectivity index (χ1n) is 7.17. The number of ether oxygens (including phenoxy) is 1. The van der Waals surface area contributed by atoms with Gasteiger partial charge in [-0.25, -0.2) is 8.42 Å². The van der Waals surface area contributed by atoms with Crippen LogP contribution in [-0.4, -0.2) is 44.7 Å². The van der Waals surface area contributed by atoms with Crippen molar-refractivity contribution in [1.82, 2.24) is 5.32 Å². The van der Waals surface area contributed by atoms with E-state index < -0.39 is 9.84 Å². The Labute approximate surface area is 118 Å². The van der Waals surface area contributed by atoms with E-state index >= 15 is 0 Å². The minimum Gasteiger partial charge on any atom is -0.378 e. The van der Waals surface area contributed by atoms with Gasteiger partial charge in [-0.2, -0.15) is 0 Å². The highest BCUT2D eigenvalue weighted by Crippen LogP contribution is 2.38. The van der Waals surface area contributed by atoms with Crippen LogP contribution in [0, 0.1) is 5.41 Å². The highest BCUT2D eigenvalue weighted by atomic mass is 32.2. The van der Waals surface area contributed by atoms with E-state index in [4.69, 9.17) is 4.74 Å². The fourth-order valence-electron chi connectivity index (χ4n) is 2.41. The molecule has 2 unspecified atom stereocenters. The first kappa shape index (κ1) is 16.9. The Morgan fingerprint density at radius 1 is 1.37 bits per heavy atom. The molecule has 1 rings (SSSR count). The maximum Gasteiger partial charge on any atom is 0.150 e. The molecular weight excluding hydrogens is 262 g/mol. The van der Waals surface area contributed by atoms with Crippen molar-refractivity contribution in [1.29, 1.82) is 0 Å². The Morgan fingerprint density at radius 3 is 2.42 bits per heavy atom. The summed E-state index contributed by atoms with van der Waals surface area (Å²) in [4.78, 5) is 0. The summed E-state index contributed by atoms with van der Waals surface area (Å²) >= 11 is 0. The second-order valence-corrected chi connectivity index (χ2v) is 9.19. The van der Waals surface area contributed by atoms with Gasteiger partial charge in [0, 0.05) is 29.9 Å². The van der Waals surface area contributed by atoms with Crippen LogP contribution >= 0.6 is 0 Å². The van der Waals surface area contributed by atoms with Crippen molar-refractivity contribution in [2.24, 2.45) is 5.41 Å². The molecule has 0 aromatic heterocycles. The molecule has 0 radical (unpaired) electrons. The molecule has 1 heterocycles. The normalized spacial score (nSPS) is 28.8. The molecule has 0 amide bonds. The van der Waals surface area contributed by atoms with Crippen LogP contribution in [0.15, 0.2) is 0 Å². The summed E-state index contributed by atoms with van der Waals surface area (Å²) in [6.45, 7) is 11.7. The van der Waals surface area contributed by atoms with Gasteiger partial charge in [0.2, 0.25) is 0 Å². The standard InChI is InChI=1S/C14H29NO3S/c1-6-19(16,17)10-8-14(7-9-18-12(14)2)11-15-13(3,4)5/h12,15H,6-11H2,1-5H3. The highest BCUT2D eigenvalue weighted by molar-refractivity contribution is 7.91. The SMILES string of the molecule is CCS(=O)(=O)CCC1(CNC(C)(C)C)CCOC1C. The van der Waals surface area contributed by atoms with Crippen molar-refractivity contribution >= 4 is 9.84 Å². The lowest BCUT2D eigenvalue weighted by Crippen LogP contribution is -2.47. The maximum absolute atomic E-state index is 11.7. The molecule has 5 heteroatoms. The molecule has 1 saturated heterocycles. The van der Waals surface area contributed by atoms with E-state index in [1.165, 1.54) is 0 Å². The van der Waals surface area contributed by atoms with Crippen molar-refractivity contribution in [3.63, 3.8) is 0 Å². The number of nitrogens with one attached hydrogen (secondary N) is 1. The van der Waals surface area contributed by atoms with Crippen LogP contribution in [-0.2, 0) is 14.6 Å². The molecule has 1 fully saturated rings. The molecule has 0 saturated carbocycles. The van der Waals surface area contributed by atoms with Gasteiger partial charge in [-0.15, -0.1) is 0 Å². The average molecular weight is 291 g/mol. The molecule has 0 aromatic carbocycles. The quantitative estimate of drug-likeness (QED) is 0.813. The second kappa shape index (κ2) is 6.10. The lowest BCUT2D eigenvalue weighted by molar-refractivity contribution is 0.0581. The topological polar surface area (TPSA) is 55.4 Å². The summed E-state index contributed by atoms with van der Waals surface area (Å²) in [5.74, 6) is 0.494. The molecule has 114 valence electrons. The number of hydrogen-bond acceptors (Lipinski definition) is 4. The van der Waals surface area contributed by atoms with Crippen molar-refractivity contribution in [3.05, 3.63) is 0 Å². The van der Waals surface area contributed by atoms with E-state index in [1.54, 1.807) is 6.92 Å². The van der Waals surface area contributed by atoms with E-state index in [9.17, 15) is 8.42 Å². The fraction of sp³-hybridized carbons (Fsp3) is 1.00. The Hall–Kier alpha value is -0.130. The van der Waals surface area contributed by atoms with E-state index in [-0.39, 0.29) is 28.6 Å². The van der Waals surface area contributed by atoms with Crippen LogP contribution in [0.5, 0.6) is 0 Å². The lowest BCUT2D eigenvalue weighted by Gasteiger charge is -2.35. The zero-order valence-corrected chi connectivity index (χ0v) is 13.8. The molecule has 1 N–H and O–H groups in total. The Balaban J connectivity index is 2.72. The Kier molecular flexibility index (Phi) is 5.43. The molecule has 19 heavy (non-hydrogen) atoms. The van der Waals surface area contributed by atoms with Crippen LogP contribution in [0.3, 0.4) is 0 Å². The first-order valence-corrected chi connectivity index (χ1v) is 8.99. The van der Waals surface area contributed by atoms with Gasteiger partial charge in [-0.05, 0) is 40.5 Å².